The van der Waals surface area contributed by atoms with Gasteiger partial charge in [-0.3, -0.25) is 13.9 Å². The predicted octanol–water partition coefficient (Wildman–Crippen LogP) is 5.81. The molecule has 0 unspecified atom stereocenters. The number of nitrogens with one attached hydrogen (secondary N) is 1. The van der Waals surface area contributed by atoms with Crippen LogP contribution in [0, 0.1) is 19.7 Å². The molecule has 0 aromatic heterocycles. The summed E-state index contributed by atoms with van der Waals surface area (Å²) in [6, 6.07) is 25.2. The molecule has 0 fully saturated rings. The van der Waals surface area contributed by atoms with Crippen LogP contribution in [0.15, 0.2) is 102 Å². The van der Waals surface area contributed by atoms with Gasteiger partial charge in [0.1, 0.15) is 24.2 Å². The van der Waals surface area contributed by atoms with Gasteiger partial charge in [0.05, 0.1) is 17.7 Å². The monoisotopic (exact) mass is 645 g/mol. The molecule has 0 aliphatic carbocycles. The Labute approximate surface area is 270 Å². The highest BCUT2D eigenvalue weighted by molar-refractivity contribution is 7.92. The van der Waals surface area contributed by atoms with Crippen molar-refractivity contribution < 1.29 is 27.1 Å². The number of hydrogen-bond donors (Lipinski definition) is 1. The summed E-state index contributed by atoms with van der Waals surface area (Å²) in [5.74, 6) is -1.44. The standard InChI is InChI=1S/C36H40FN3O5S/c1-25(2)38-36(42)33(22-28-11-7-6-8-12-28)39(23-29-13-9-10-14-31(29)37)35(41)24-40(32-21-27(4)17-20-34(32)45-5)46(43,44)30-18-15-26(3)16-19-30/h6-21,25,33H,22-24H2,1-5H3,(H,38,42)/t33-/m1/s1. The van der Waals surface area contributed by atoms with Gasteiger partial charge < -0.3 is 15.0 Å². The average molecular weight is 646 g/mol. The second-order valence-electron chi connectivity index (χ2n) is 11.5. The summed E-state index contributed by atoms with van der Waals surface area (Å²) in [5, 5.41) is 2.89. The van der Waals surface area contributed by atoms with E-state index in [1.165, 1.54) is 36.3 Å². The normalized spacial score (nSPS) is 12.0. The van der Waals surface area contributed by atoms with Crippen LogP contribution in [0.1, 0.15) is 36.1 Å². The molecule has 10 heteroatoms. The first-order chi connectivity index (χ1) is 21.9. The van der Waals surface area contributed by atoms with Gasteiger partial charge in [-0.15, -0.1) is 0 Å². The smallest absolute Gasteiger partial charge is 0.264 e. The van der Waals surface area contributed by atoms with E-state index >= 15 is 4.39 Å². The predicted molar refractivity (Wildman–Crippen MR) is 178 cm³/mol. The first kappa shape index (κ1) is 34.2. The van der Waals surface area contributed by atoms with Gasteiger partial charge in [-0.25, -0.2) is 12.8 Å². The van der Waals surface area contributed by atoms with Gasteiger partial charge in [0, 0.05) is 24.6 Å². The third kappa shape index (κ3) is 8.31. The van der Waals surface area contributed by atoms with E-state index in [1.54, 1.807) is 63.2 Å². The molecular formula is C36H40FN3O5S. The number of rotatable bonds is 13. The van der Waals surface area contributed by atoms with E-state index in [9.17, 15) is 18.0 Å². The number of ether oxygens (including phenoxy) is 1. The van der Waals surface area contributed by atoms with Gasteiger partial charge in [-0.05, 0) is 69.2 Å². The Hall–Kier alpha value is -4.70. The largest absolute Gasteiger partial charge is 0.495 e. The zero-order valence-corrected chi connectivity index (χ0v) is 27.6. The number of hydrogen-bond acceptors (Lipinski definition) is 5. The van der Waals surface area contributed by atoms with Gasteiger partial charge >= 0.3 is 0 Å². The fourth-order valence-electron chi connectivity index (χ4n) is 5.09. The first-order valence-electron chi connectivity index (χ1n) is 15.0. The van der Waals surface area contributed by atoms with Gasteiger partial charge in [-0.1, -0.05) is 72.3 Å². The van der Waals surface area contributed by atoms with Crippen LogP contribution in [0.4, 0.5) is 10.1 Å². The fraction of sp³-hybridized carbons (Fsp3) is 0.278. The minimum absolute atomic E-state index is 0.0199. The second kappa shape index (κ2) is 15.1. The Morgan fingerprint density at radius 1 is 0.870 bits per heavy atom. The van der Waals surface area contributed by atoms with Crippen molar-refractivity contribution in [2.24, 2.45) is 0 Å². The number of carbonyl (C=O) groups is 2. The quantitative estimate of drug-likeness (QED) is 0.198. The Morgan fingerprint density at radius 3 is 2.13 bits per heavy atom. The molecular weight excluding hydrogens is 605 g/mol. The third-order valence-electron chi connectivity index (χ3n) is 7.49. The summed E-state index contributed by atoms with van der Waals surface area (Å²) in [6.45, 7) is 6.32. The average Bonchev–Trinajstić information content (AvgIpc) is 3.02. The lowest BCUT2D eigenvalue weighted by molar-refractivity contribution is -0.140. The van der Waals surface area contributed by atoms with Crippen LogP contribution < -0.4 is 14.4 Å². The highest BCUT2D eigenvalue weighted by Crippen LogP contribution is 2.34. The number of anilines is 1. The third-order valence-corrected chi connectivity index (χ3v) is 9.27. The number of benzene rings is 4. The Bertz CT molecular complexity index is 1760. The Balaban J connectivity index is 1.86. The number of carbonyl (C=O) groups excluding carboxylic acids is 2. The highest BCUT2D eigenvalue weighted by Gasteiger charge is 2.36. The molecule has 46 heavy (non-hydrogen) atoms. The molecule has 0 saturated carbocycles. The number of nitrogens with zero attached hydrogens (tertiary/aromatic N) is 2. The summed E-state index contributed by atoms with van der Waals surface area (Å²) < 4.78 is 50.2. The van der Waals surface area contributed by atoms with Crippen molar-refractivity contribution in [1.82, 2.24) is 10.2 Å². The first-order valence-corrected chi connectivity index (χ1v) is 16.5. The zero-order chi connectivity index (χ0) is 33.4. The van der Waals surface area contributed by atoms with Crippen molar-refractivity contribution >= 4 is 27.5 Å². The molecule has 2 amide bonds. The van der Waals surface area contributed by atoms with E-state index in [1.807, 2.05) is 37.3 Å². The van der Waals surface area contributed by atoms with E-state index in [2.05, 4.69) is 5.32 Å². The van der Waals surface area contributed by atoms with E-state index in [0.717, 1.165) is 21.0 Å². The maximum atomic E-state index is 15.1. The van der Waals surface area contributed by atoms with Crippen molar-refractivity contribution in [2.45, 2.75) is 57.6 Å². The molecule has 4 aromatic carbocycles. The lowest BCUT2D eigenvalue weighted by atomic mass is 10.0. The summed E-state index contributed by atoms with van der Waals surface area (Å²) in [6.07, 6.45) is 0.123. The fourth-order valence-corrected chi connectivity index (χ4v) is 6.51. The van der Waals surface area contributed by atoms with Crippen LogP contribution in [0.25, 0.3) is 0 Å². The van der Waals surface area contributed by atoms with Crippen LogP contribution >= 0.6 is 0 Å². The van der Waals surface area contributed by atoms with Crippen LogP contribution in [0.5, 0.6) is 5.75 Å². The lowest BCUT2D eigenvalue weighted by Crippen LogP contribution is -2.54. The molecule has 0 aliphatic rings. The molecule has 0 heterocycles. The van der Waals surface area contributed by atoms with Crippen molar-refractivity contribution in [3.05, 3.63) is 125 Å². The molecule has 242 valence electrons. The van der Waals surface area contributed by atoms with Crippen LogP contribution in [-0.2, 0) is 32.6 Å². The van der Waals surface area contributed by atoms with Gasteiger partial charge in [0.15, 0.2) is 0 Å². The topological polar surface area (TPSA) is 96.0 Å². The zero-order valence-electron chi connectivity index (χ0n) is 26.7. The van der Waals surface area contributed by atoms with Crippen LogP contribution in [0.2, 0.25) is 0 Å². The van der Waals surface area contributed by atoms with Gasteiger partial charge in [0.25, 0.3) is 10.0 Å². The molecule has 0 aliphatic heterocycles. The summed E-state index contributed by atoms with van der Waals surface area (Å²) >= 11 is 0. The van der Waals surface area contributed by atoms with Crippen molar-refractivity contribution in [3.8, 4) is 5.75 Å². The van der Waals surface area contributed by atoms with Gasteiger partial charge in [0.2, 0.25) is 11.8 Å². The number of sulfonamides is 1. The Morgan fingerprint density at radius 2 is 1.50 bits per heavy atom. The van der Waals surface area contributed by atoms with E-state index in [-0.39, 0.29) is 40.9 Å². The molecule has 1 N–H and O–H groups in total. The molecule has 0 radical (unpaired) electrons. The molecule has 0 spiro atoms. The summed E-state index contributed by atoms with van der Waals surface area (Å²) in [5.41, 5.74) is 2.74. The summed E-state index contributed by atoms with van der Waals surface area (Å²) in [7, 11) is -2.90. The van der Waals surface area contributed by atoms with E-state index < -0.39 is 40.2 Å². The molecule has 8 nitrogen and oxygen atoms in total. The van der Waals surface area contributed by atoms with Crippen LogP contribution in [0.3, 0.4) is 0 Å². The lowest BCUT2D eigenvalue weighted by Gasteiger charge is -2.34. The van der Waals surface area contributed by atoms with Crippen molar-refractivity contribution in [3.63, 3.8) is 0 Å². The minimum atomic E-state index is -4.32. The SMILES string of the molecule is COc1ccc(C)cc1N(CC(=O)N(Cc1ccccc1F)[C@H](Cc1ccccc1)C(=O)NC(C)C)S(=O)(=O)c1ccc(C)cc1. The minimum Gasteiger partial charge on any atom is -0.495 e. The van der Waals surface area contributed by atoms with E-state index in [0.29, 0.717) is 0 Å². The number of amides is 2. The maximum Gasteiger partial charge on any atom is 0.264 e. The second-order valence-corrected chi connectivity index (χ2v) is 13.3. The van der Waals surface area contributed by atoms with Crippen LogP contribution in [-0.4, -0.2) is 50.9 Å². The molecule has 0 bridgehead atoms. The number of aryl methyl sites for hydroxylation is 2. The summed E-state index contributed by atoms with van der Waals surface area (Å²) in [4.78, 5) is 29.6. The highest BCUT2D eigenvalue weighted by atomic mass is 32.2. The number of methoxy groups -OCH3 is 1. The van der Waals surface area contributed by atoms with Crippen molar-refractivity contribution in [1.29, 1.82) is 0 Å². The van der Waals surface area contributed by atoms with E-state index in [4.69, 9.17) is 4.74 Å². The molecule has 4 aromatic rings. The molecule has 4 rings (SSSR count). The Kier molecular flexibility index (Phi) is 11.2. The van der Waals surface area contributed by atoms with Crippen molar-refractivity contribution in [2.75, 3.05) is 18.0 Å². The molecule has 1 atom stereocenters. The molecule has 0 saturated heterocycles. The van der Waals surface area contributed by atoms with Gasteiger partial charge in [-0.2, -0.15) is 0 Å². The maximum absolute atomic E-state index is 15.1. The number of halogens is 1.